The highest BCUT2D eigenvalue weighted by atomic mass is 79.9. The zero-order chi connectivity index (χ0) is 16.4. The molecular formula is C18H32BBr3N2. The normalized spacial score (nSPS) is 27.8. The minimum Gasteiger partial charge on any atom is -1.00 e. The summed E-state index contributed by atoms with van der Waals surface area (Å²) in [5.74, 6) is 1.68. The molecule has 0 spiro atoms. The van der Waals surface area contributed by atoms with Crippen LogP contribution < -0.4 is 17.0 Å². The van der Waals surface area contributed by atoms with E-state index >= 15 is 0 Å². The van der Waals surface area contributed by atoms with Crippen molar-refractivity contribution in [3.63, 3.8) is 0 Å². The number of nitrogens with zero attached hydrogens (tertiary/aromatic N) is 2. The third kappa shape index (κ3) is 4.39. The van der Waals surface area contributed by atoms with Gasteiger partial charge in [-0.15, -0.1) is 31.5 Å². The molecule has 0 bridgehead atoms. The van der Waals surface area contributed by atoms with E-state index in [1.165, 1.54) is 64.2 Å². The maximum Gasteiger partial charge on any atom is 0.655 e. The van der Waals surface area contributed by atoms with Gasteiger partial charge in [0.15, 0.2) is 12.4 Å². The van der Waals surface area contributed by atoms with Crippen LogP contribution in [-0.4, -0.2) is 37.5 Å². The molecule has 2 aliphatic carbocycles. The Morgan fingerprint density at radius 3 is 1.42 bits per heavy atom. The summed E-state index contributed by atoms with van der Waals surface area (Å²) in [6.07, 6.45) is 18.8. The average molecular weight is 527 g/mol. The van der Waals surface area contributed by atoms with Gasteiger partial charge in [-0.25, -0.2) is 0 Å². The minimum absolute atomic E-state index is 0. The van der Waals surface area contributed by atoms with Gasteiger partial charge in [-0.05, 0) is 39.5 Å². The number of halogens is 3. The highest BCUT2D eigenvalue weighted by molar-refractivity contribution is 9.50. The minimum atomic E-state index is -0.994. The summed E-state index contributed by atoms with van der Waals surface area (Å²) in [5.41, 5.74) is 0. The first-order chi connectivity index (χ1) is 11.0. The molecule has 0 aromatic heterocycles. The van der Waals surface area contributed by atoms with E-state index < -0.39 is 4.06 Å². The van der Waals surface area contributed by atoms with E-state index in [-0.39, 0.29) is 17.0 Å². The molecule has 1 heterocycles. The van der Waals surface area contributed by atoms with E-state index in [0.29, 0.717) is 12.1 Å². The van der Waals surface area contributed by atoms with Crippen molar-refractivity contribution >= 4 is 48.0 Å². The van der Waals surface area contributed by atoms with Crippen LogP contribution in [0.1, 0.15) is 78.1 Å². The van der Waals surface area contributed by atoms with Crippen LogP contribution in [0.25, 0.3) is 0 Å². The Hall–Kier alpha value is 0.845. The van der Waals surface area contributed by atoms with E-state index in [0.717, 1.165) is 11.8 Å². The predicted octanol–water partition coefficient (Wildman–Crippen LogP) is 2.33. The van der Waals surface area contributed by atoms with Crippen LogP contribution in [0.3, 0.4) is 0 Å². The van der Waals surface area contributed by atoms with Crippen LogP contribution in [-0.2, 0) is 0 Å². The largest absolute Gasteiger partial charge is 1.00 e. The van der Waals surface area contributed by atoms with Crippen LogP contribution in [0.2, 0.25) is 0 Å². The summed E-state index contributed by atoms with van der Waals surface area (Å²) >= 11 is 8.16. The molecule has 24 heavy (non-hydrogen) atoms. The maximum absolute atomic E-state index is 4.08. The molecule has 0 saturated heterocycles. The lowest BCUT2D eigenvalue weighted by atomic mass is 9.81. The summed E-state index contributed by atoms with van der Waals surface area (Å²) in [4.78, 5) is 0. The van der Waals surface area contributed by atoms with Gasteiger partial charge < -0.3 is 26.0 Å². The van der Waals surface area contributed by atoms with Crippen molar-refractivity contribution in [3.05, 3.63) is 0 Å². The van der Waals surface area contributed by atoms with Gasteiger partial charge in [0, 0.05) is 11.8 Å². The van der Waals surface area contributed by atoms with Crippen molar-refractivity contribution in [1.82, 2.24) is 0 Å². The first-order valence-electron chi connectivity index (χ1n) is 9.77. The molecule has 0 N–H and O–H groups in total. The fraction of sp³-hybridized carbons (Fsp3) is 0.889. The Morgan fingerprint density at radius 2 is 1.08 bits per heavy atom. The Morgan fingerprint density at radius 1 is 0.750 bits per heavy atom. The fourth-order valence-electron chi connectivity index (χ4n) is 5.07. The highest BCUT2D eigenvalue weighted by Gasteiger charge is 2.54. The second-order valence-electron chi connectivity index (χ2n) is 8.06. The molecule has 2 nitrogen and oxygen atoms in total. The fourth-order valence-corrected chi connectivity index (χ4v) is 7.11. The molecule has 0 aromatic carbocycles. The Balaban J connectivity index is 0.00000208. The molecule has 2 atom stereocenters. The quantitative estimate of drug-likeness (QED) is 0.496. The predicted molar refractivity (Wildman–Crippen MR) is 108 cm³/mol. The van der Waals surface area contributed by atoms with Crippen molar-refractivity contribution in [3.8, 4) is 0 Å². The molecule has 3 rings (SSSR count). The molecule has 0 unspecified atom stereocenters. The third-order valence-corrected chi connectivity index (χ3v) is 8.62. The van der Waals surface area contributed by atoms with E-state index in [2.05, 4.69) is 66.8 Å². The molecule has 0 amide bonds. The van der Waals surface area contributed by atoms with Gasteiger partial charge in [0.2, 0.25) is 0 Å². The van der Waals surface area contributed by atoms with Gasteiger partial charge in [0.05, 0.1) is 0 Å². The summed E-state index contributed by atoms with van der Waals surface area (Å²) < 4.78 is 4.14. The Bertz CT molecular complexity index is 439. The van der Waals surface area contributed by atoms with E-state index in [9.17, 15) is 0 Å². The van der Waals surface area contributed by atoms with E-state index in [4.69, 9.17) is 0 Å². The van der Waals surface area contributed by atoms with Crippen molar-refractivity contribution in [2.75, 3.05) is 0 Å². The third-order valence-electron chi connectivity index (χ3n) is 6.73. The number of hydrogen-bond acceptors (Lipinski definition) is 0. The SMILES string of the molecule is C[C@@H](C1CCCCC1)[N+]1=CC=[N+]([C@@H](C)C2CCCCC2)[B-]1(Br)Br.[Br-]. The topological polar surface area (TPSA) is 6.02 Å². The second-order valence-corrected chi connectivity index (χ2v) is 11.8. The van der Waals surface area contributed by atoms with Gasteiger partial charge in [-0.3, -0.25) is 0 Å². The monoisotopic (exact) mass is 524 g/mol. The number of hydrogen-bond donors (Lipinski definition) is 0. The van der Waals surface area contributed by atoms with Crippen LogP contribution >= 0.6 is 31.5 Å². The molecule has 6 heteroatoms. The summed E-state index contributed by atoms with van der Waals surface area (Å²) in [6.45, 7) is 4.85. The number of rotatable bonds is 4. The van der Waals surface area contributed by atoms with Crippen molar-refractivity contribution in [1.29, 1.82) is 0 Å². The maximum atomic E-state index is 4.08. The lowest BCUT2D eigenvalue weighted by Crippen LogP contribution is -3.00. The zero-order valence-corrected chi connectivity index (χ0v) is 19.9. The van der Waals surface area contributed by atoms with Gasteiger partial charge in [0.1, 0.15) is 12.1 Å². The smallest absolute Gasteiger partial charge is 0.655 e. The van der Waals surface area contributed by atoms with Crippen molar-refractivity contribution in [2.24, 2.45) is 11.8 Å². The van der Waals surface area contributed by atoms with E-state index in [1.807, 2.05) is 0 Å². The van der Waals surface area contributed by atoms with Crippen molar-refractivity contribution in [2.45, 2.75) is 90.1 Å². The first kappa shape index (κ1) is 21.1. The second kappa shape index (κ2) is 9.17. The molecule has 2 saturated carbocycles. The summed E-state index contributed by atoms with van der Waals surface area (Å²) in [7, 11) is 0. The standard InChI is InChI=1S/C18H32BBr2N2.BrH/c1-15(17-9-5-3-6-10-17)22-13-14-23(19(22,20)21)16(2)18-11-7-4-8-12-18;/h13-18H,3-12H2,1-2H3;1H/q+1;/p-1/t15-,16-;/m0./s1. The zero-order valence-electron chi connectivity index (χ0n) is 15.1. The molecule has 138 valence electrons. The van der Waals surface area contributed by atoms with Gasteiger partial charge in [-0.2, -0.15) is 0 Å². The lowest BCUT2D eigenvalue weighted by molar-refractivity contribution is -0.544. The average Bonchev–Trinajstić information content (AvgIpc) is 2.90. The van der Waals surface area contributed by atoms with Gasteiger partial charge in [0.25, 0.3) is 0 Å². The van der Waals surface area contributed by atoms with Crippen LogP contribution in [0.5, 0.6) is 0 Å². The summed E-state index contributed by atoms with van der Waals surface area (Å²) in [5, 5.41) is 0. The molecule has 2 fully saturated rings. The molecular weight excluding hydrogens is 495 g/mol. The van der Waals surface area contributed by atoms with Crippen LogP contribution in [0.4, 0.5) is 0 Å². The highest BCUT2D eigenvalue weighted by Crippen LogP contribution is 2.37. The van der Waals surface area contributed by atoms with Gasteiger partial charge in [-0.1, -0.05) is 38.5 Å². The lowest BCUT2D eigenvalue weighted by Gasteiger charge is -2.35. The molecule has 1 aliphatic heterocycles. The molecule has 0 radical (unpaired) electrons. The Labute approximate surface area is 175 Å². The first-order valence-corrected chi connectivity index (χ1v) is 11.6. The van der Waals surface area contributed by atoms with E-state index in [1.54, 1.807) is 0 Å². The van der Waals surface area contributed by atoms with Gasteiger partial charge >= 0.3 is 4.06 Å². The van der Waals surface area contributed by atoms with Crippen molar-refractivity contribution < 1.29 is 26.0 Å². The molecule has 0 aromatic rings. The molecule has 3 aliphatic rings. The van der Waals surface area contributed by atoms with Crippen LogP contribution in [0, 0.1) is 11.8 Å². The summed E-state index contributed by atoms with van der Waals surface area (Å²) in [6, 6.07) is 1.21. The Kier molecular flexibility index (Phi) is 8.08. The van der Waals surface area contributed by atoms with Crippen LogP contribution in [0.15, 0.2) is 0 Å².